The second-order valence-corrected chi connectivity index (χ2v) is 6.78. The van der Waals surface area contributed by atoms with E-state index in [0.717, 1.165) is 10.1 Å². The van der Waals surface area contributed by atoms with Crippen molar-refractivity contribution < 1.29 is 18.3 Å². The van der Waals surface area contributed by atoms with Gasteiger partial charge < -0.3 is 20.3 Å². The molecule has 0 aliphatic heterocycles. The van der Waals surface area contributed by atoms with Crippen LogP contribution in [0, 0.1) is 0 Å². The minimum atomic E-state index is -4.88. The fourth-order valence-electron chi connectivity index (χ4n) is 2.70. The number of pyridine rings is 1. The number of imidazole rings is 1. The van der Waals surface area contributed by atoms with E-state index in [1.807, 2.05) is 13.0 Å². The van der Waals surface area contributed by atoms with Crippen LogP contribution >= 0.6 is 35.6 Å². The number of hydrogen-bond donors (Lipinski definition) is 3. The molecular weight excluding hydrogens is 536 g/mol. The molecule has 0 spiro atoms. The van der Waals surface area contributed by atoms with Crippen LogP contribution in [0.15, 0.2) is 35.7 Å². The first-order valence-electron chi connectivity index (χ1n) is 9.07. The highest BCUT2D eigenvalue weighted by atomic mass is 127. The second-order valence-electron chi connectivity index (χ2n) is 6.40. The minimum absolute atomic E-state index is 0. The number of rotatable bonds is 8. The number of aromatic nitrogens is 3. The molecule has 12 heteroatoms. The predicted octanol–water partition coefficient (Wildman–Crippen LogP) is 3.02. The molecule has 0 bridgehead atoms. The van der Waals surface area contributed by atoms with Gasteiger partial charge in [0.05, 0.1) is 0 Å². The zero-order chi connectivity index (χ0) is 21.5. The summed E-state index contributed by atoms with van der Waals surface area (Å²) >= 11 is 5.75. The van der Waals surface area contributed by atoms with E-state index >= 15 is 0 Å². The Morgan fingerprint density at radius 1 is 1.27 bits per heavy atom. The molecule has 2 heterocycles. The third-order valence-electron chi connectivity index (χ3n) is 4.24. The molecule has 0 aromatic carbocycles. The van der Waals surface area contributed by atoms with Crippen LogP contribution in [-0.4, -0.2) is 51.4 Å². The number of halogens is 5. The normalized spacial score (nSPS) is 14.0. The molecule has 7 nitrogen and oxygen atoms in total. The third-order valence-corrected chi connectivity index (χ3v) is 4.47. The maximum atomic E-state index is 13.5. The number of nitrogens with one attached hydrogen (secondary N) is 2. The van der Waals surface area contributed by atoms with Gasteiger partial charge in [-0.25, -0.2) is 9.97 Å². The molecule has 3 N–H and O–H groups in total. The van der Waals surface area contributed by atoms with Crippen molar-refractivity contribution in [1.29, 1.82) is 0 Å². The van der Waals surface area contributed by atoms with Crippen molar-refractivity contribution in [3.63, 3.8) is 0 Å². The molecule has 0 aliphatic carbocycles. The van der Waals surface area contributed by atoms with Crippen LogP contribution in [0.2, 0.25) is 5.15 Å². The molecule has 30 heavy (non-hydrogen) atoms. The highest BCUT2D eigenvalue weighted by molar-refractivity contribution is 14.0. The van der Waals surface area contributed by atoms with E-state index in [-0.39, 0.29) is 30.5 Å². The van der Waals surface area contributed by atoms with Crippen LogP contribution in [0.25, 0.3) is 0 Å². The van der Waals surface area contributed by atoms with E-state index in [0.29, 0.717) is 30.6 Å². The zero-order valence-corrected chi connectivity index (χ0v) is 19.7. The molecule has 168 valence electrons. The average molecular weight is 561 g/mol. The Balaban J connectivity index is 0.00000450. The van der Waals surface area contributed by atoms with E-state index in [2.05, 4.69) is 25.6 Å². The smallest absolute Gasteiger partial charge is 0.374 e. The maximum Gasteiger partial charge on any atom is 0.424 e. The Labute approximate surface area is 195 Å². The summed E-state index contributed by atoms with van der Waals surface area (Å²) in [6, 6.07) is 3.53. The molecule has 0 aliphatic rings. The fraction of sp³-hybridized carbons (Fsp3) is 0.500. The summed E-state index contributed by atoms with van der Waals surface area (Å²) in [7, 11) is 1.40. The summed E-state index contributed by atoms with van der Waals surface area (Å²) in [5, 5.41) is 16.8. The Hall–Kier alpha value is -1.60. The first-order valence-corrected chi connectivity index (χ1v) is 9.44. The lowest BCUT2D eigenvalue weighted by molar-refractivity contribution is -0.272. The van der Waals surface area contributed by atoms with Crippen molar-refractivity contribution in [2.24, 2.45) is 12.0 Å². The van der Waals surface area contributed by atoms with E-state index in [1.54, 1.807) is 12.3 Å². The van der Waals surface area contributed by atoms with Gasteiger partial charge in [0.15, 0.2) is 5.96 Å². The lowest BCUT2D eigenvalue weighted by Crippen LogP contribution is -2.45. The lowest BCUT2D eigenvalue weighted by Gasteiger charge is -2.29. The summed E-state index contributed by atoms with van der Waals surface area (Å²) in [6.07, 6.45) is -0.675. The van der Waals surface area contributed by atoms with Gasteiger partial charge in [-0.3, -0.25) is 4.99 Å². The molecular formula is C18H25ClF3IN6O. The van der Waals surface area contributed by atoms with Crippen molar-refractivity contribution in [2.45, 2.75) is 31.5 Å². The molecule has 0 amide bonds. The molecule has 2 rings (SSSR count). The van der Waals surface area contributed by atoms with Crippen molar-refractivity contribution >= 4 is 41.5 Å². The topological polar surface area (TPSA) is 87.4 Å². The van der Waals surface area contributed by atoms with Gasteiger partial charge in [0.1, 0.15) is 11.0 Å². The standard InChI is InChI=1S/C18H24ClF3N6O.HI/c1-3-23-16(25-8-6-13-4-5-14(19)27-12-13)26-9-7-17(29,18(20,21)22)15-24-10-11-28(15)2;/h4-5,10-12,29H,3,6-9H2,1-2H3,(H2,23,25,26);1H. The molecule has 2 aromatic rings. The van der Waals surface area contributed by atoms with E-state index in [4.69, 9.17) is 11.6 Å². The van der Waals surface area contributed by atoms with Gasteiger partial charge in [-0.05, 0) is 25.0 Å². The number of guanidine groups is 1. The summed E-state index contributed by atoms with van der Waals surface area (Å²) in [4.78, 5) is 11.8. The van der Waals surface area contributed by atoms with Gasteiger partial charge >= 0.3 is 6.18 Å². The Morgan fingerprint density at radius 2 is 2.00 bits per heavy atom. The van der Waals surface area contributed by atoms with E-state index in [9.17, 15) is 18.3 Å². The fourth-order valence-corrected chi connectivity index (χ4v) is 2.81. The quantitative estimate of drug-likeness (QED) is 0.200. The predicted molar refractivity (Wildman–Crippen MR) is 120 cm³/mol. The molecule has 1 unspecified atom stereocenters. The highest BCUT2D eigenvalue weighted by Crippen LogP contribution is 2.40. The second kappa shape index (κ2) is 11.7. The van der Waals surface area contributed by atoms with Gasteiger partial charge in [-0.2, -0.15) is 13.2 Å². The van der Waals surface area contributed by atoms with Crippen molar-refractivity contribution in [3.05, 3.63) is 47.3 Å². The zero-order valence-electron chi connectivity index (χ0n) is 16.6. The summed E-state index contributed by atoms with van der Waals surface area (Å²) in [5.41, 5.74) is -2.12. The summed E-state index contributed by atoms with van der Waals surface area (Å²) in [5.74, 6) is -0.104. The van der Waals surface area contributed by atoms with Gasteiger partial charge in [-0.15, -0.1) is 24.0 Å². The van der Waals surface area contributed by atoms with Crippen molar-refractivity contribution in [2.75, 3.05) is 19.6 Å². The van der Waals surface area contributed by atoms with Crippen LogP contribution in [0.5, 0.6) is 0 Å². The maximum absolute atomic E-state index is 13.5. The average Bonchev–Trinajstić information content (AvgIpc) is 3.08. The summed E-state index contributed by atoms with van der Waals surface area (Å²) in [6.45, 7) is 2.64. The largest absolute Gasteiger partial charge is 0.424 e. The van der Waals surface area contributed by atoms with Crippen LogP contribution in [0.1, 0.15) is 24.7 Å². The molecule has 0 radical (unpaired) electrons. The Bertz CT molecular complexity index is 815. The van der Waals surface area contributed by atoms with E-state index < -0.39 is 24.0 Å². The first kappa shape index (κ1) is 26.4. The number of nitrogens with zero attached hydrogens (tertiary/aromatic N) is 4. The number of alkyl halides is 3. The Kier molecular flexibility index (Phi) is 10.3. The van der Waals surface area contributed by atoms with Crippen LogP contribution in [0.4, 0.5) is 13.2 Å². The molecule has 1 atom stereocenters. The number of aliphatic imine (C=N–C) groups is 1. The van der Waals surface area contributed by atoms with Gasteiger partial charge in [-0.1, -0.05) is 17.7 Å². The third kappa shape index (κ3) is 6.98. The number of aliphatic hydroxyl groups is 1. The van der Waals surface area contributed by atoms with Crippen LogP contribution in [0.3, 0.4) is 0 Å². The monoisotopic (exact) mass is 560 g/mol. The van der Waals surface area contributed by atoms with E-state index in [1.165, 1.54) is 19.4 Å². The summed E-state index contributed by atoms with van der Waals surface area (Å²) < 4.78 is 41.8. The molecule has 2 aromatic heterocycles. The minimum Gasteiger partial charge on any atom is -0.374 e. The number of hydrogen-bond acceptors (Lipinski definition) is 4. The lowest BCUT2D eigenvalue weighted by atomic mass is 9.98. The molecule has 0 fully saturated rings. The highest BCUT2D eigenvalue weighted by Gasteiger charge is 2.57. The van der Waals surface area contributed by atoms with Crippen LogP contribution in [-0.2, 0) is 19.1 Å². The molecule has 0 saturated heterocycles. The number of aryl methyl sites for hydroxylation is 1. The SMILES string of the molecule is CCNC(=NCCC(O)(c1nccn1C)C(F)(F)F)NCCc1ccc(Cl)nc1.I. The van der Waals surface area contributed by atoms with Crippen molar-refractivity contribution in [3.8, 4) is 0 Å². The Morgan fingerprint density at radius 3 is 2.53 bits per heavy atom. The van der Waals surface area contributed by atoms with Gasteiger partial charge in [0.25, 0.3) is 0 Å². The first-order chi connectivity index (χ1) is 13.7. The van der Waals surface area contributed by atoms with Crippen molar-refractivity contribution in [1.82, 2.24) is 25.2 Å². The molecule has 0 saturated carbocycles. The van der Waals surface area contributed by atoms with Gasteiger partial charge in [0.2, 0.25) is 5.60 Å². The van der Waals surface area contributed by atoms with Crippen LogP contribution < -0.4 is 10.6 Å². The van der Waals surface area contributed by atoms with Gasteiger partial charge in [0, 0.05) is 51.7 Å².